The molecule has 5 heteroatoms. The summed E-state index contributed by atoms with van der Waals surface area (Å²) in [4.78, 5) is 17.8. The van der Waals surface area contributed by atoms with Gasteiger partial charge in [0.05, 0.1) is 17.3 Å². The van der Waals surface area contributed by atoms with Gasteiger partial charge in [-0.1, -0.05) is 30.3 Å². The van der Waals surface area contributed by atoms with Crippen LogP contribution in [0.15, 0.2) is 54.6 Å². The van der Waals surface area contributed by atoms with Crippen LogP contribution >= 0.6 is 0 Å². The first kappa shape index (κ1) is 23.6. The molecule has 0 aliphatic heterocycles. The van der Waals surface area contributed by atoms with Gasteiger partial charge in [-0.2, -0.15) is 5.26 Å². The molecule has 2 aromatic carbocycles. The topological polar surface area (TPSA) is 70.7 Å². The van der Waals surface area contributed by atoms with E-state index in [1.807, 2.05) is 52.0 Å². The minimum Gasteiger partial charge on any atom is -0.323 e. The van der Waals surface area contributed by atoms with Crippen molar-refractivity contribution in [3.8, 4) is 6.07 Å². The number of nitrogens with one attached hydrogen (secondary N) is 1. The van der Waals surface area contributed by atoms with Gasteiger partial charge in [0, 0.05) is 22.8 Å². The van der Waals surface area contributed by atoms with Crippen molar-refractivity contribution in [2.75, 3.05) is 5.32 Å². The number of aryl methyl sites for hydroxylation is 5. The second kappa shape index (κ2) is 9.47. The van der Waals surface area contributed by atoms with Crippen LogP contribution in [0.5, 0.6) is 0 Å². The van der Waals surface area contributed by atoms with Crippen LogP contribution in [0.1, 0.15) is 63.7 Å². The van der Waals surface area contributed by atoms with Crippen molar-refractivity contribution < 1.29 is 4.79 Å². The molecule has 1 aliphatic carbocycles. The number of nitriles is 1. The van der Waals surface area contributed by atoms with Crippen molar-refractivity contribution in [2.24, 2.45) is 0 Å². The molecule has 0 bridgehead atoms. The lowest BCUT2D eigenvalue weighted by atomic mass is 9.87. The maximum atomic E-state index is 12.9. The molecule has 180 valence electrons. The quantitative estimate of drug-likeness (QED) is 0.334. The highest BCUT2D eigenvalue weighted by Crippen LogP contribution is 2.39. The molecule has 1 N–H and O–H groups in total. The van der Waals surface area contributed by atoms with Gasteiger partial charge in [-0.3, -0.25) is 4.79 Å². The van der Waals surface area contributed by atoms with Crippen LogP contribution in [0.3, 0.4) is 0 Å². The van der Waals surface area contributed by atoms with Gasteiger partial charge in [0.15, 0.2) is 0 Å². The molecule has 36 heavy (non-hydrogen) atoms. The lowest BCUT2D eigenvalue weighted by Crippen LogP contribution is -2.19. The SMILES string of the molecule is Cc1cc(C)c2c(C#N)c(C=CC(=O)Nc3ccc(C)c(C)c3)n([C@H]3CCCc4ccccc43)c2n1. The molecule has 0 saturated heterocycles. The molecule has 5 nitrogen and oxygen atoms in total. The van der Waals surface area contributed by atoms with Gasteiger partial charge >= 0.3 is 0 Å². The summed E-state index contributed by atoms with van der Waals surface area (Å²) in [5.41, 5.74) is 9.68. The van der Waals surface area contributed by atoms with E-state index in [1.54, 1.807) is 6.08 Å². The highest BCUT2D eigenvalue weighted by atomic mass is 16.1. The number of rotatable bonds is 4. The summed E-state index contributed by atoms with van der Waals surface area (Å²) in [6.45, 7) is 8.08. The van der Waals surface area contributed by atoms with Crippen LogP contribution in [0.4, 0.5) is 5.69 Å². The Morgan fingerprint density at radius 2 is 1.89 bits per heavy atom. The van der Waals surface area contributed by atoms with E-state index in [0.29, 0.717) is 5.56 Å². The Balaban J connectivity index is 1.64. The molecular formula is C31H30N4O. The van der Waals surface area contributed by atoms with Gasteiger partial charge in [-0.25, -0.2) is 4.98 Å². The van der Waals surface area contributed by atoms with E-state index in [9.17, 15) is 10.1 Å². The normalized spacial score (nSPS) is 15.1. The van der Waals surface area contributed by atoms with Crippen LogP contribution in [-0.4, -0.2) is 15.5 Å². The number of nitrogens with zero attached hydrogens (tertiary/aromatic N) is 3. The zero-order valence-electron chi connectivity index (χ0n) is 21.2. The highest BCUT2D eigenvalue weighted by Gasteiger charge is 2.28. The smallest absolute Gasteiger partial charge is 0.248 e. The number of hydrogen-bond donors (Lipinski definition) is 1. The summed E-state index contributed by atoms with van der Waals surface area (Å²) >= 11 is 0. The van der Waals surface area contributed by atoms with Crippen molar-refractivity contribution >= 4 is 28.7 Å². The average molecular weight is 475 g/mol. The summed E-state index contributed by atoms with van der Waals surface area (Å²) in [5.74, 6) is -0.233. The summed E-state index contributed by atoms with van der Waals surface area (Å²) in [7, 11) is 0. The average Bonchev–Trinajstić information content (AvgIpc) is 3.17. The summed E-state index contributed by atoms with van der Waals surface area (Å²) < 4.78 is 2.19. The Bertz CT molecular complexity index is 1570. The third kappa shape index (κ3) is 4.20. The fraction of sp³-hybridized carbons (Fsp3) is 0.258. The maximum absolute atomic E-state index is 12.9. The third-order valence-electron chi connectivity index (χ3n) is 7.25. The van der Waals surface area contributed by atoms with Crippen molar-refractivity contribution in [1.82, 2.24) is 9.55 Å². The Morgan fingerprint density at radius 1 is 1.08 bits per heavy atom. The molecule has 0 spiro atoms. The van der Waals surface area contributed by atoms with E-state index >= 15 is 0 Å². The number of fused-ring (bicyclic) bond motifs is 2. The number of pyridine rings is 1. The van der Waals surface area contributed by atoms with E-state index in [4.69, 9.17) is 4.98 Å². The Morgan fingerprint density at radius 3 is 2.67 bits per heavy atom. The number of benzene rings is 2. The predicted molar refractivity (Wildman–Crippen MR) is 145 cm³/mol. The van der Waals surface area contributed by atoms with Crippen molar-refractivity contribution in [1.29, 1.82) is 5.26 Å². The first-order valence-corrected chi connectivity index (χ1v) is 12.4. The molecule has 0 unspecified atom stereocenters. The summed E-state index contributed by atoms with van der Waals surface area (Å²) in [5, 5.41) is 14.1. The van der Waals surface area contributed by atoms with Crippen LogP contribution < -0.4 is 5.32 Å². The Hall–Kier alpha value is -4.17. The van der Waals surface area contributed by atoms with Gasteiger partial charge in [0.2, 0.25) is 5.91 Å². The number of anilines is 1. The monoisotopic (exact) mass is 474 g/mol. The molecule has 1 amide bonds. The first-order chi connectivity index (χ1) is 17.4. The molecule has 4 aromatic rings. The van der Waals surface area contributed by atoms with Crippen LogP contribution in [-0.2, 0) is 11.2 Å². The number of amides is 1. The molecule has 2 aromatic heterocycles. The molecule has 0 radical (unpaired) electrons. The number of carbonyl (C=O) groups excluding carboxylic acids is 1. The molecule has 1 aliphatic rings. The second-order valence-electron chi connectivity index (χ2n) is 9.75. The second-order valence-corrected chi connectivity index (χ2v) is 9.75. The minimum atomic E-state index is -0.233. The molecule has 2 heterocycles. The van der Waals surface area contributed by atoms with Crippen LogP contribution in [0.25, 0.3) is 17.1 Å². The van der Waals surface area contributed by atoms with Crippen molar-refractivity contribution in [2.45, 2.75) is 53.0 Å². The predicted octanol–water partition coefficient (Wildman–Crippen LogP) is 6.72. The maximum Gasteiger partial charge on any atom is 0.248 e. The lowest BCUT2D eigenvalue weighted by molar-refractivity contribution is -0.111. The largest absolute Gasteiger partial charge is 0.323 e. The molecule has 5 rings (SSSR count). The fourth-order valence-electron chi connectivity index (χ4n) is 5.41. The molecule has 0 saturated carbocycles. The van der Waals surface area contributed by atoms with Gasteiger partial charge in [-0.15, -0.1) is 0 Å². The van der Waals surface area contributed by atoms with E-state index in [1.165, 1.54) is 22.8 Å². The molecule has 1 atom stereocenters. The summed E-state index contributed by atoms with van der Waals surface area (Å²) in [6.07, 6.45) is 6.37. The van der Waals surface area contributed by atoms with Gasteiger partial charge in [-0.05, 0) is 99.0 Å². The fourth-order valence-corrected chi connectivity index (χ4v) is 5.41. The zero-order valence-corrected chi connectivity index (χ0v) is 21.2. The number of aromatic nitrogens is 2. The number of carbonyl (C=O) groups is 1. The van der Waals surface area contributed by atoms with Gasteiger partial charge in [0.1, 0.15) is 11.7 Å². The van der Waals surface area contributed by atoms with Crippen LogP contribution in [0, 0.1) is 39.0 Å². The standard InChI is InChI=1S/C31H30N4O/c1-19-12-13-24(17-20(19)2)34-29(36)15-14-28-26(18-32)30-21(3)16-22(4)33-31(30)35(28)27-11-7-9-23-8-5-6-10-25(23)27/h5-6,8,10,12-17,27H,7,9,11H2,1-4H3,(H,34,36)/t27-/m0/s1. The Labute approximate surface area is 212 Å². The van der Waals surface area contributed by atoms with E-state index in [2.05, 4.69) is 40.2 Å². The number of hydrogen-bond acceptors (Lipinski definition) is 3. The highest BCUT2D eigenvalue weighted by molar-refractivity contribution is 6.03. The third-order valence-corrected chi connectivity index (χ3v) is 7.25. The van der Waals surface area contributed by atoms with Gasteiger partial charge < -0.3 is 9.88 Å². The van der Waals surface area contributed by atoms with Crippen LogP contribution in [0.2, 0.25) is 0 Å². The molecule has 0 fully saturated rings. The molecular weight excluding hydrogens is 444 g/mol. The lowest BCUT2D eigenvalue weighted by Gasteiger charge is -2.28. The van der Waals surface area contributed by atoms with Crippen molar-refractivity contribution in [3.63, 3.8) is 0 Å². The van der Waals surface area contributed by atoms with E-state index in [0.717, 1.165) is 58.5 Å². The van der Waals surface area contributed by atoms with E-state index < -0.39 is 0 Å². The van der Waals surface area contributed by atoms with Crippen molar-refractivity contribution in [3.05, 3.63) is 99.4 Å². The first-order valence-electron chi connectivity index (χ1n) is 12.4. The zero-order chi connectivity index (χ0) is 25.4. The minimum absolute atomic E-state index is 0.0516. The Kier molecular flexibility index (Phi) is 6.20. The van der Waals surface area contributed by atoms with Gasteiger partial charge in [0.25, 0.3) is 0 Å². The summed E-state index contributed by atoms with van der Waals surface area (Å²) in [6, 6.07) is 18.9. The van der Waals surface area contributed by atoms with E-state index in [-0.39, 0.29) is 11.9 Å².